The maximum absolute atomic E-state index is 13.3. The van der Waals surface area contributed by atoms with Gasteiger partial charge in [0.25, 0.3) is 0 Å². The largest absolute Gasteiger partial charge is 0.390 e. The Labute approximate surface area is 114 Å². The predicted molar refractivity (Wildman–Crippen MR) is 65.0 cm³/mol. The van der Waals surface area contributed by atoms with Gasteiger partial charge in [0.2, 0.25) is 10.0 Å². The van der Waals surface area contributed by atoms with Crippen molar-refractivity contribution in [1.82, 2.24) is 10.0 Å². The van der Waals surface area contributed by atoms with Crippen molar-refractivity contribution < 1.29 is 26.0 Å². The second kappa shape index (κ2) is 6.51. The molecule has 9 heteroatoms. The highest BCUT2D eigenvalue weighted by Crippen LogP contribution is 2.19. The van der Waals surface area contributed by atoms with Gasteiger partial charge in [0.1, 0.15) is 5.82 Å². The number of alkyl halides is 3. The van der Waals surface area contributed by atoms with Crippen LogP contribution in [0.25, 0.3) is 0 Å². The van der Waals surface area contributed by atoms with Crippen molar-refractivity contribution in [2.45, 2.75) is 24.0 Å². The maximum atomic E-state index is 13.3. The van der Waals surface area contributed by atoms with Crippen molar-refractivity contribution in [3.8, 4) is 0 Å². The van der Waals surface area contributed by atoms with E-state index in [9.17, 15) is 26.0 Å². The molecule has 1 aromatic rings. The Balaban J connectivity index is 2.84. The van der Waals surface area contributed by atoms with Crippen molar-refractivity contribution in [3.63, 3.8) is 0 Å². The monoisotopic (exact) mass is 314 g/mol. The first kappa shape index (κ1) is 16.9. The Morgan fingerprint density at radius 3 is 2.45 bits per heavy atom. The van der Waals surface area contributed by atoms with E-state index in [4.69, 9.17) is 0 Å². The number of hydrogen-bond donors (Lipinski definition) is 2. The molecule has 0 spiro atoms. The zero-order chi connectivity index (χ0) is 15.4. The van der Waals surface area contributed by atoms with Crippen molar-refractivity contribution in [3.05, 3.63) is 29.6 Å². The summed E-state index contributed by atoms with van der Waals surface area (Å²) in [7, 11) is -2.53. The van der Waals surface area contributed by atoms with Gasteiger partial charge in [-0.3, -0.25) is 0 Å². The smallest absolute Gasteiger partial charge is 0.316 e. The Morgan fingerprint density at radius 1 is 1.25 bits per heavy atom. The Morgan fingerprint density at radius 2 is 1.90 bits per heavy atom. The number of nitrogens with one attached hydrogen (secondary N) is 2. The molecule has 0 saturated heterocycles. The molecule has 1 rings (SSSR count). The van der Waals surface area contributed by atoms with Crippen LogP contribution in [0.5, 0.6) is 0 Å². The fourth-order valence-electron chi connectivity index (χ4n) is 1.45. The molecular formula is C11H14F4N2O2S. The van der Waals surface area contributed by atoms with Gasteiger partial charge >= 0.3 is 6.18 Å². The number of halogens is 4. The van der Waals surface area contributed by atoms with Crippen molar-refractivity contribution in [1.29, 1.82) is 0 Å². The van der Waals surface area contributed by atoms with Crippen LogP contribution < -0.4 is 10.0 Å². The first-order valence-electron chi connectivity index (χ1n) is 5.65. The predicted octanol–water partition coefficient (Wildman–Crippen LogP) is 1.78. The van der Waals surface area contributed by atoms with E-state index >= 15 is 0 Å². The van der Waals surface area contributed by atoms with Crippen molar-refractivity contribution in [2.75, 3.05) is 13.6 Å². The van der Waals surface area contributed by atoms with Gasteiger partial charge in [0.05, 0.1) is 11.3 Å². The van der Waals surface area contributed by atoms with Crippen molar-refractivity contribution >= 4 is 10.0 Å². The van der Waals surface area contributed by atoms with E-state index in [2.05, 4.69) is 5.32 Å². The first-order valence-corrected chi connectivity index (χ1v) is 7.13. The second-order valence-corrected chi connectivity index (χ2v) is 5.81. The second-order valence-electron chi connectivity index (χ2n) is 4.05. The molecule has 114 valence electrons. The lowest BCUT2D eigenvalue weighted by Crippen LogP contribution is -2.28. The number of benzene rings is 1. The third-order valence-electron chi connectivity index (χ3n) is 2.40. The summed E-state index contributed by atoms with van der Waals surface area (Å²) >= 11 is 0. The van der Waals surface area contributed by atoms with Crippen LogP contribution in [-0.2, 0) is 16.6 Å². The van der Waals surface area contributed by atoms with Crippen LogP contribution in [0, 0.1) is 5.82 Å². The highest BCUT2D eigenvalue weighted by Gasteiger charge is 2.27. The lowest BCUT2D eigenvalue weighted by Gasteiger charge is -2.10. The fraction of sp³-hybridized carbons (Fsp3) is 0.455. The molecule has 0 aromatic heterocycles. The minimum absolute atomic E-state index is 0.109. The van der Waals surface area contributed by atoms with E-state index < -0.39 is 35.0 Å². The van der Waals surface area contributed by atoms with Crippen LogP contribution in [-0.4, -0.2) is 28.2 Å². The molecule has 0 bridgehead atoms. The summed E-state index contributed by atoms with van der Waals surface area (Å²) in [5.74, 6) is -0.589. The lowest BCUT2D eigenvalue weighted by atomic mass is 10.2. The molecule has 0 radical (unpaired) electrons. The Bertz CT molecular complexity index is 558. The number of sulfonamides is 1. The maximum Gasteiger partial charge on any atom is 0.390 e. The minimum atomic E-state index is -4.44. The SMILES string of the molecule is CNCc1cc(S(=O)(=O)NCCC(F)(F)F)ccc1F. The highest BCUT2D eigenvalue weighted by atomic mass is 32.2. The highest BCUT2D eigenvalue weighted by molar-refractivity contribution is 7.89. The molecule has 20 heavy (non-hydrogen) atoms. The summed E-state index contributed by atoms with van der Waals surface area (Å²) in [5, 5.41) is 2.66. The van der Waals surface area contributed by atoms with E-state index in [-0.39, 0.29) is 17.0 Å². The normalized spacial score (nSPS) is 12.7. The average molecular weight is 314 g/mol. The number of hydrogen-bond acceptors (Lipinski definition) is 3. The van der Waals surface area contributed by atoms with E-state index in [1.54, 1.807) is 7.05 Å². The molecule has 0 aliphatic carbocycles. The zero-order valence-corrected chi connectivity index (χ0v) is 11.4. The standard InChI is InChI=1S/C11H14F4N2O2S/c1-16-7-8-6-9(2-3-10(8)12)20(18,19)17-5-4-11(13,14)15/h2-3,6,16-17H,4-5,7H2,1H3. The summed E-state index contributed by atoms with van der Waals surface area (Å²) < 4.78 is 74.6. The molecule has 0 amide bonds. The van der Waals surface area contributed by atoms with Crippen molar-refractivity contribution in [2.24, 2.45) is 0 Å². The Hall–Kier alpha value is -1.19. The van der Waals surface area contributed by atoms with E-state index in [0.717, 1.165) is 18.2 Å². The van der Waals surface area contributed by atoms with E-state index in [1.165, 1.54) is 0 Å². The lowest BCUT2D eigenvalue weighted by molar-refractivity contribution is -0.132. The van der Waals surface area contributed by atoms with Gasteiger partial charge in [0, 0.05) is 18.7 Å². The van der Waals surface area contributed by atoms with Gasteiger partial charge in [-0.2, -0.15) is 13.2 Å². The molecule has 4 nitrogen and oxygen atoms in total. The quantitative estimate of drug-likeness (QED) is 0.787. The molecule has 0 saturated carbocycles. The average Bonchev–Trinajstić information content (AvgIpc) is 2.30. The van der Waals surface area contributed by atoms with Gasteiger partial charge < -0.3 is 5.32 Å². The van der Waals surface area contributed by atoms with Gasteiger partial charge in [-0.25, -0.2) is 17.5 Å². The van der Waals surface area contributed by atoms with Crippen LogP contribution in [0.2, 0.25) is 0 Å². The first-order chi connectivity index (χ1) is 9.15. The zero-order valence-electron chi connectivity index (χ0n) is 10.6. The van der Waals surface area contributed by atoms with E-state index in [0.29, 0.717) is 0 Å². The molecule has 0 heterocycles. The summed E-state index contributed by atoms with van der Waals surface area (Å²) in [6, 6.07) is 3.05. The number of rotatable bonds is 6. The van der Waals surface area contributed by atoms with Gasteiger partial charge in [-0.1, -0.05) is 0 Å². The third-order valence-corrected chi connectivity index (χ3v) is 3.85. The molecule has 0 aliphatic heterocycles. The van der Waals surface area contributed by atoms with Crippen LogP contribution in [0.1, 0.15) is 12.0 Å². The molecular weight excluding hydrogens is 300 g/mol. The van der Waals surface area contributed by atoms with Crippen LogP contribution in [0.4, 0.5) is 17.6 Å². The van der Waals surface area contributed by atoms with Gasteiger partial charge in [-0.05, 0) is 25.2 Å². The molecule has 0 unspecified atom stereocenters. The minimum Gasteiger partial charge on any atom is -0.316 e. The molecule has 1 aromatic carbocycles. The van der Waals surface area contributed by atoms with Crippen LogP contribution >= 0.6 is 0 Å². The Kier molecular flexibility index (Phi) is 5.49. The van der Waals surface area contributed by atoms with Gasteiger partial charge in [-0.15, -0.1) is 0 Å². The summed E-state index contributed by atoms with van der Waals surface area (Å²) in [5.41, 5.74) is 0.117. The van der Waals surface area contributed by atoms with Crippen LogP contribution in [0.3, 0.4) is 0 Å². The molecule has 0 atom stereocenters. The topological polar surface area (TPSA) is 58.2 Å². The fourth-order valence-corrected chi connectivity index (χ4v) is 2.54. The van der Waals surface area contributed by atoms with Crippen LogP contribution in [0.15, 0.2) is 23.1 Å². The summed E-state index contributed by atoms with van der Waals surface area (Å²) in [6.07, 6.45) is -5.71. The summed E-state index contributed by atoms with van der Waals surface area (Å²) in [4.78, 5) is -0.272. The van der Waals surface area contributed by atoms with Gasteiger partial charge in [0.15, 0.2) is 0 Å². The van der Waals surface area contributed by atoms with E-state index in [1.807, 2.05) is 4.72 Å². The third kappa shape index (κ3) is 5.06. The molecule has 0 aliphatic rings. The summed E-state index contributed by atoms with van der Waals surface area (Å²) in [6.45, 7) is -0.650. The molecule has 2 N–H and O–H groups in total. The molecule has 0 fully saturated rings.